The van der Waals surface area contributed by atoms with Crippen LogP contribution in [-0.4, -0.2) is 63.6 Å². The minimum absolute atomic E-state index is 0.0141. The molecule has 1 aromatic heterocycles. The molecule has 1 saturated heterocycles. The Hall–Kier alpha value is -2.37. The van der Waals surface area contributed by atoms with Crippen LogP contribution in [0, 0.1) is 12.8 Å². The van der Waals surface area contributed by atoms with E-state index in [1.807, 2.05) is 12.1 Å². The molecule has 0 radical (unpaired) electrons. The van der Waals surface area contributed by atoms with Gasteiger partial charge in [0.2, 0.25) is 5.91 Å². The third-order valence-corrected chi connectivity index (χ3v) is 9.44. The molecule has 1 saturated carbocycles. The molecule has 5 rings (SSSR count). The maximum absolute atomic E-state index is 11.4. The quantitative estimate of drug-likeness (QED) is 0.435. The summed E-state index contributed by atoms with van der Waals surface area (Å²) in [6.07, 6.45) is 2.80. The maximum Gasteiger partial charge on any atom is 0.304 e. The number of aryl methyl sites for hydroxylation is 1. The lowest BCUT2D eigenvalue weighted by Crippen LogP contribution is -2.47. The van der Waals surface area contributed by atoms with Crippen molar-refractivity contribution in [2.75, 3.05) is 44.7 Å². The maximum atomic E-state index is 11.4. The molecular formula is C25H30ClN3O5S2. The minimum atomic E-state index is -4.13. The van der Waals surface area contributed by atoms with Gasteiger partial charge in [0, 0.05) is 48.0 Å². The van der Waals surface area contributed by atoms with Crippen LogP contribution < -0.4 is 15.4 Å². The van der Waals surface area contributed by atoms with E-state index in [4.69, 9.17) is 26.6 Å². The Kier molecular flexibility index (Phi) is 8.11. The monoisotopic (exact) mass is 551 g/mol. The first kappa shape index (κ1) is 26.7. The van der Waals surface area contributed by atoms with Crippen molar-refractivity contribution in [1.82, 2.24) is 4.90 Å². The van der Waals surface area contributed by atoms with Crippen molar-refractivity contribution in [3.63, 3.8) is 0 Å². The molecule has 11 heteroatoms. The number of rotatable bonds is 6. The van der Waals surface area contributed by atoms with E-state index in [1.54, 1.807) is 38.3 Å². The second-order valence-corrected chi connectivity index (χ2v) is 12.2. The average Bonchev–Trinajstić information content (AvgIpc) is 3.60. The SMILES string of the molecule is COc1ccc(C(N)=O)cc1N1CCN(CC2CC2)CC1.Cc1c(S(=O)(=O)O)sc2ccc(Cl)cc12. The highest BCUT2D eigenvalue weighted by atomic mass is 35.5. The molecule has 8 nitrogen and oxygen atoms in total. The van der Waals surface area contributed by atoms with Crippen LogP contribution in [0.4, 0.5) is 5.69 Å². The van der Waals surface area contributed by atoms with E-state index >= 15 is 0 Å². The third-order valence-electron chi connectivity index (χ3n) is 6.48. The molecule has 194 valence electrons. The normalized spacial score (nSPS) is 16.5. The van der Waals surface area contributed by atoms with Gasteiger partial charge in [-0.25, -0.2) is 0 Å². The van der Waals surface area contributed by atoms with E-state index in [0.717, 1.165) is 65.0 Å². The van der Waals surface area contributed by atoms with Crippen LogP contribution in [0.2, 0.25) is 5.02 Å². The number of anilines is 1. The van der Waals surface area contributed by atoms with Crippen molar-refractivity contribution in [2.24, 2.45) is 11.7 Å². The average molecular weight is 552 g/mol. The van der Waals surface area contributed by atoms with Gasteiger partial charge in [-0.1, -0.05) is 11.6 Å². The number of primary amides is 1. The first-order valence-electron chi connectivity index (χ1n) is 11.7. The second kappa shape index (κ2) is 10.9. The fraction of sp³-hybridized carbons (Fsp3) is 0.400. The molecule has 0 spiro atoms. The van der Waals surface area contributed by atoms with Gasteiger partial charge >= 0.3 is 10.1 Å². The van der Waals surface area contributed by atoms with Crippen molar-refractivity contribution < 1.29 is 22.5 Å². The summed E-state index contributed by atoms with van der Waals surface area (Å²) in [5.41, 5.74) is 7.43. The number of piperazine rings is 1. The smallest absolute Gasteiger partial charge is 0.304 e. The highest BCUT2D eigenvalue weighted by molar-refractivity contribution is 7.88. The fourth-order valence-electron chi connectivity index (χ4n) is 4.34. The Bertz CT molecular complexity index is 1360. The summed E-state index contributed by atoms with van der Waals surface area (Å²) in [5.74, 6) is 1.34. The number of benzene rings is 2. The van der Waals surface area contributed by atoms with Crippen molar-refractivity contribution in [3.8, 4) is 5.75 Å². The van der Waals surface area contributed by atoms with Gasteiger partial charge in [-0.05, 0) is 73.0 Å². The largest absolute Gasteiger partial charge is 0.495 e. The molecule has 2 aliphatic rings. The van der Waals surface area contributed by atoms with Crippen molar-refractivity contribution >= 4 is 54.7 Å². The summed E-state index contributed by atoms with van der Waals surface area (Å²) >= 11 is 6.85. The number of ether oxygens (including phenoxy) is 1. The van der Waals surface area contributed by atoms with Crippen molar-refractivity contribution in [1.29, 1.82) is 0 Å². The molecular weight excluding hydrogens is 522 g/mol. The van der Waals surface area contributed by atoms with Crippen LogP contribution in [0.25, 0.3) is 10.1 Å². The van der Waals surface area contributed by atoms with E-state index in [-0.39, 0.29) is 4.21 Å². The molecule has 2 heterocycles. The Morgan fingerprint density at radius 2 is 1.86 bits per heavy atom. The van der Waals surface area contributed by atoms with Crippen LogP contribution in [0.1, 0.15) is 28.8 Å². The van der Waals surface area contributed by atoms with E-state index in [0.29, 0.717) is 16.1 Å². The molecule has 3 aromatic rings. The zero-order chi connectivity index (χ0) is 26.0. The predicted octanol–water partition coefficient (Wildman–Crippen LogP) is 4.44. The van der Waals surface area contributed by atoms with Crippen molar-refractivity contribution in [2.45, 2.75) is 24.0 Å². The van der Waals surface area contributed by atoms with Crippen LogP contribution in [-0.2, 0) is 10.1 Å². The Labute approximate surface area is 220 Å². The fourth-order valence-corrected chi connectivity index (χ4v) is 6.62. The van der Waals surface area contributed by atoms with E-state index < -0.39 is 16.0 Å². The first-order chi connectivity index (χ1) is 17.1. The molecule has 1 aliphatic heterocycles. The summed E-state index contributed by atoms with van der Waals surface area (Å²) in [7, 11) is -2.47. The lowest BCUT2D eigenvalue weighted by molar-refractivity contribution is 0.1000. The molecule has 0 unspecified atom stereocenters. The van der Waals surface area contributed by atoms with Gasteiger partial charge < -0.3 is 15.4 Å². The van der Waals surface area contributed by atoms with Crippen LogP contribution in [0.3, 0.4) is 0 Å². The number of hydrogen-bond acceptors (Lipinski definition) is 7. The van der Waals surface area contributed by atoms with Gasteiger partial charge in [-0.15, -0.1) is 11.3 Å². The number of carbonyl (C=O) groups is 1. The summed E-state index contributed by atoms with van der Waals surface area (Å²) in [5, 5.41) is 1.31. The molecule has 2 fully saturated rings. The molecule has 2 aromatic carbocycles. The number of halogens is 1. The zero-order valence-electron chi connectivity index (χ0n) is 20.2. The number of amides is 1. The van der Waals surface area contributed by atoms with Crippen LogP contribution in [0.5, 0.6) is 5.75 Å². The summed E-state index contributed by atoms with van der Waals surface area (Å²) in [6.45, 7) is 6.96. The second-order valence-electron chi connectivity index (χ2n) is 9.11. The number of carbonyl (C=O) groups excluding carboxylic acids is 1. The van der Waals surface area contributed by atoms with E-state index in [2.05, 4.69) is 9.80 Å². The van der Waals surface area contributed by atoms with E-state index in [1.165, 1.54) is 19.4 Å². The first-order valence-corrected chi connectivity index (χ1v) is 14.3. The standard InChI is InChI=1S/C16H23N3O2.C9H7ClO3S2/c1-21-15-5-4-13(16(17)20)10-14(15)19-8-6-18(7-9-19)11-12-2-3-12;1-5-7-4-6(10)2-3-8(7)14-9(5)15(11,12)13/h4-5,10,12H,2-3,6-9,11H2,1H3,(H2,17,20);2-4H,1H3,(H,11,12,13). The van der Waals surface area contributed by atoms with Gasteiger partial charge in [0.1, 0.15) is 5.75 Å². The number of fused-ring (bicyclic) bond motifs is 1. The lowest BCUT2D eigenvalue weighted by Gasteiger charge is -2.36. The number of nitrogens with two attached hydrogens (primary N) is 1. The Morgan fingerprint density at radius 1 is 1.17 bits per heavy atom. The van der Waals surface area contributed by atoms with Gasteiger partial charge in [-0.3, -0.25) is 14.2 Å². The highest BCUT2D eigenvalue weighted by Gasteiger charge is 2.27. The molecule has 1 aliphatic carbocycles. The highest BCUT2D eigenvalue weighted by Crippen LogP contribution is 2.35. The number of nitrogens with zero attached hydrogens (tertiary/aromatic N) is 2. The van der Waals surface area contributed by atoms with Crippen molar-refractivity contribution in [3.05, 3.63) is 52.5 Å². The molecule has 36 heavy (non-hydrogen) atoms. The number of hydrogen-bond donors (Lipinski definition) is 2. The Balaban J connectivity index is 0.000000179. The molecule has 0 atom stereocenters. The summed E-state index contributed by atoms with van der Waals surface area (Å²) in [4.78, 5) is 16.2. The molecule has 1 amide bonds. The van der Waals surface area contributed by atoms with Gasteiger partial charge in [0.15, 0.2) is 4.21 Å². The molecule has 3 N–H and O–H groups in total. The van der Waals surface area contributed by atoms with Crippen LogP contribution >= 0.6 is 22.9 Å². The summed E-state index contributed by atoms with van der Waals surface area (Å²) in [6, 6.07) is 10.5. The number of methoxy groups -OCH3 is 1. The summed E-state index contributed by atoms with van der Waals surface area (Å²) < 4.78 is 37.3. The molecule has 0 bridgehead atoms. The topological polar surface area (TPSA) is 113 Å². The number of thiophene rings is 1. The van der Waals surface area contributed by atoms with Gasteiger partial charge in [0.25, 0.3) is 0 Å². The predicted molar refractivity (Wildman–Crippen MR) is 144 cm³/mol. The van der Waals surface area contributed by atoms with Gasteiger partial charge in [-0.2, -0.15) is 8.42 Å². The van der Waals surface area contributed by atoms with Crippen LogP contribution in [0.15, 0.2) is 40.6 Å². The minimum Gasteiger partial charge on any atom is -0.495 e. The van der Waals surface area contributed by atoms with Gasteiger partial charge in [0.05, 0.1) is 12.8 Å². The lowest BCUT2D eigenvalue weighted by atomic mass is 10.1. The van der Waals surface area contributed by atoms with E-state index in [9.17, 15) is 13.2 Å². The zero-order valence-corrected chi connectivity index (χ0v) is 22.6. The Morgan fingerprint density at radius 3 is 2.44 bits per heavy atom. The third kappa shape index (κ3) is 6.30.